The molecule has 2 aromatic rings. The van der Waals surface area contributed by atoms with Crippen LogP contribution in [0.25, 0.3) is 11.4 Å². The van der Waals surface area contributed by atoms with Gasteiger partial charge >= 0.3 is 5.97 Å². The number of aliphatic carboxylic acids is 1. The largest absolute Gasteiger partial charge is 0.481 e. The molecule has 1 aromatic carbocycles. The van der Waals surface area contributed by atoms with Gasteiger partial charge in [-0.1, -0.05) is 28.1 Å². The minimum atomic E-state index is -0.812. The van der Waals surface area contributed by atoms with Crippen molar-refractivity contribution in [3.63, 3.8) is 0 Å². The van der Waals surface area contributed by atoms with Gasteiger partial charge in [0.15, 0.2) is 5.82 Å². The van der Waals surface area contributed by atoms with E-state index in [0.717, 1.165) is 10.0 Å². The number of aromatic nitrogens is 4. The molecule has 0 saturated carbocycles. The molecule has 7 heteroatoms. The first kappa shape index (κ1) is 12.7. The van der Waals surface area contributed by atoms with Gasteiger partial charge in [0.05, 0.1) is 0 Å². The quantitative estimate of drug-likeness (QED) is 0.913. The Labute approximate surface area is 112 Å². The minimum absolute atomic E-state index is 0.111. The number of carboxylic acid groups (broad SMARTS) is 1. The molecule has 18 heavy (non-hydrogen) atoms. The third kappa shape index (κ3) is 3.13. The fraction of sp³-hybridized carbons (Fsp3) is 0.273. The summed E-state index contributed by atoms with van der Waals surface area (Å²) in [6.07, 6.45) is 0.615. The lowest BCUT2D eigenvalue weighted by atomic mass is 10.2. The smallest absolute Gasteiger partial charge is 0.303 e. The molecule has 0 aliphatic rings. The maximum Gasteiger partial charge on any atom is 0.303 e. The lowest BCUT2D eigenvalue weighted by Crippen LogP contribution is -2.05. The predicted molar refractivity (Wildman–Crippen MR) is 67.8 cm³/mol. The molecule has 1 N–H and O–H groups in total. The van der Waals surface area contributed by atoms with Gasteiger partial charge in [-0.2, -0.15) is 0 Å². The third-order valence-corrected chi connectivity index (χ3v) is 2.92. The van der Waals surface area contributed by atoms with E-state index in [1.54, 1.807) is 4.68 Å². The summed E-state index contributed by atoms with van der Waals surface area (Å²) in [7, 11) is 0. The van der Waals surface area contributed by atoms with Gasteiger partial charge in [-0.05, 0) is 29.0 Å². The van der Waals surface area contributed by atoms with Crippen LogP contribution in [0.5, 0.6) is 0 Å². The first-order chi connectivity index (χ1) is 8.66. The van der Waals surface area contributed by atoms with Gasteiger partial charge in [0, 0.05) is 23.0 Å². The number of rotatable bonds is 5. The second-order valence-electron chi connectivity index (χ2n) is 3.73. The van der Waals surface area contributed by atoms with Gasteiger partial charge in [-0.15, -0.1) is 5.10 Å². The van der Waals surface area contributed by atoms with E-state index in [4.69, 9.17) is 5.11 Å². The Balaban J connectivity index is 2.12. The first-order valence-electron chi connectivity index (χ1n) is 5.41. The molecule has 0 radical (unpaired) electrons. The van der Waals surface area contributed by atoms with Gasteiger partial charge in [-0.25, -0.2) is 4.68 Å². The summed E-state index contributed by atoms with van der Waals surface area (Å²) in [6, 6.07) is 7.63. The second kappa shape index (κ2) is 5.72. The normalized spacial score (nSPS) is 10.5. The van der Waals surface area contributed by atoms with Crippen molar-refractivity contribution in [1.82, 2.24) is 20.2 Å². The molecule has 0 atom stereocenters. The molecule has 1 aromatic heterocycles. The van der Waals surface area contributed by atoms with Crippen molar-refractivity contribution in [2.45, 2.75) is 19.4 Å². The molecule has 0 bridgehead atoms. The van der Waals surface area contributed by atoms with E-state index in [9.17, 15) is 4.79 Å². The van der Waals surface area contributed by atoms with Crippen LogP contribution >= 0.6 is 15.9 Å². The summed E-state index contributed by atoms with van der Waals surface area (Å²) in [6.45, 7) is 0.491. The van der Waals surface area contributed by atoms with Crippen molar-refractivity contribution in [1.29, 1.82) is 0 Å². The predicted octanol–water partition coefficient (Wildman–Crippen LogP) is 1.97. The molecule has 1 heterocycles. The number of tetrazole rings is 1. The Morgan fingerprint density at radius 1 is 1.33 bits per heavy atom. The number of aryl methyl sites for hydroxylation is 1. The van der Waals surface area contributed by atoms with E-state index < -0.39 is 5.97 Å². The molecule has 0 fully saturated rings. The topological polar surface area (TPSA) is 80.9 Å². The van der Waals surface area contributed by atoms with Crippen LogP contribution in [0.4, 0.5) is 0 Å². The van der Waals surface area contributed by atoms with Crippen molar-refractivity contribution < 1.29 is 9.90 Å². The number of nitrogens with zero attached hydrogens (tertiary/aromatic N) is 4. The number of carbonyl (C=O) groups is 1. The van der Waals surface area contributed by atoms with Crippen molar-refractivity contribution >= 4 is 21.9 Å². The van der Waals surface area contributed by atoms with Crippen LogP contribution in [0, 0.1) is 0 Å². The highest BCUT2D eigenvalue weighted by atomic mass is 79.9. The van der Waals surface area contributed by atoms with Crippen LogP contribution in [-0.2, 0) is 11.3 Å². The molecule has 0 amide bonds. The van der Waals surface area contributed by atoms with Crippen molar-refractivity contribution in [2.24, 2.45) is 0 Å². The maximum absolute atomic E-state index is 10.5. The molecule has 0 spiro atoms. The number of hydrogen-bond acceptors (Lipinski definition) is 4. The first-order valence-corrected chi connectivity index (χ1v) is 6.20. The molecule has 2 rings (SSSR count). The Kier molecular flexibility index (Phi) is 4.03. The maximum atomic E-state index is 10.5. The highest BCUT2D eigenvalue weighted by Crippen LogP contribution is 2.19. The third-order valence-electron chi connectivity index (χ3n) is 2.39. The molecule has 94 valence electrons. The zero-order chi connectivity index (χ0) is 13.0. The van der Waals surface area contributed by atoms with Crippen molar-refractivity contribution in [2.75, 3.05) is 0 Å². The summed E-state index contributed by atoms with van der Waals surface area (Å²) in [5.41, 5.74) is 0.901. The zero-order valence-corrected chi connectivity index (χ0v) is 11.0. The number of hydrogen-bond donors (Lipinski definition) is 1. The Morgan fingerprint density at radius 3 is 2.72 bits per heavy atom. The van der Waals surface area contributed by atoms with E-state index in [2.05, 4.69) is 31.5 Å². The van der Waals surface area contributed by atoms with Gasteiger partial charge < -0.3 is 5.11 Å². The lowest BCUT2D eigenvalue weighted by Gasteiger charge is -2.03. The van der Waals surface area contributed by atoms with E-state index in [1.807, 2.05) is 24.3 Å². The molecule has 0 saturated heterocycles. The van der Waals surface area contributed by atoms with E-state index in [1.165, 1.54) is 0 Å². The standard InChI is InChI=1S/C11H11BrN4O2/c12-9-5-3-8(4-6-9)11-13-14-15-16(11)7-1-2-10(17)18/h3-6H,1-2,7H2,(H,17,18). The van der Waals surface area contributed by atoms with Gasteiger partial charge in [0.2, 0.25) is 0 Å². The summed E-state index contributed by atoms with van der Waals surface area (Å²) < 4.78 is 2.60. The van der Waals surface area contributed by atoms with Gasteiger partial charge in [-0.3, -0.25) is 4.79 Å². The molecule has 6 nitrogen and oxygen atoms in total. The number of benzene rings is 1. The van der Waals surface area contributed by atoms with Gasteiger partial charge in [0.25, 0.3) is 0 Å². The highest BCUT2D eigenvalue weighted by Gasteiger charge is 2.09. The summed E-state index contributed by atoms with van der Waals surface area (Å²) in [4.78, 5) is 10.5. The molecular formula is C11H11BrN4O2. The molecule has 0 aliphatic heterocycles. The number of halogens is 1. The Hall–Kier alpha value is -1.76. The summed E-state index contributed by atoms with van der Waals surface area (Å²) in [5, 5.41) is 20.0. The van der Waals surface area contributed by atoms with E-state index in [0.29, 0.717) is 18.8 Å². The summed E-state index contributed by atoms with van der Waals surface area (Å²) >= 11 is 3.36. The zero-order valence-electron chi connectivity index (χ0n) is 9.45. The van der Waals surface area contributed by atoms with Crippen LogP contribution in [0.2, 0.25) is 0 Å². The van der Waals surface area contributed by atoms with Crippen LogP contribution in [0.1, 0.15) is 12.8 Å². The molecular weight excluding hydrogens is 300 g/mol. The van der Waals surface area contributed by atoms with Crippen LogP contribution in [0.3, 0.4) is 0 Å². The average Bonchev–Trinajstić information content (AvgIpc) is 2.78. The molecule has 0 aliphatic carbocycles. The summed E-state index contributed by atoms with van der Waals surface area (Å²) in [5.74, 6) is -0.166. The average molecular weight is 311 g/mol. The fourth-order valence-electron chi connectivity index (χ4n) is 1.54. The van der Waals surface area contributed by atoms with Gasteiger partial charge in [0.1, 0.15) is 0 Å². The lowest BCUT2D eigenvalue weighted by molar-refractivity contribution is -0.137. The second-order valence-corrected chi connectivity index (χ2v) is 4.65. The SMILES string of the molecule is O=C(O)CCCn1nnnc1-c1ccc(Br)cc1. The van der Waals surface area contributed by atoms with E-state index in [-0.39, 0.29) is 6.42 Å². The van der Waals surface area contributed by atoms with Crippen molar-refractivity contribution in [3.8, 4) is 11.4 Å². The molecule has 0 unspecified atom stereocenters. The van der Waals surface area contributed by atoms with Crippen LogP contribution in [-0.4, -0.2) is 31.3 Å². The van der Waals surface area contributed by atoms with Crippen molar-refractivity contribution in [3.05, 3.63) is 28.7 Å². The van der Waals surface area contributed by atoms with E-state index >= 15 is 0 Å². The highest BCUT2D eigenvalue weighted by molar-refractivity contribution is 9.10. The van der Waals surface area contributed by atoms with Crippen LogP contribution in [0.15, 0.2) is 28.7 Å². The Morgan fingerprint density at radius 2 is 2.06 bits per heavy atom. The monoisotopic (exact) mass is 310 g/mol. The minimum Gasteiger partial charge on any atom is -0.481 e. The van der Waals surface area contributed by atoms with Crippen LogP contribution < -0.4 is 0 Å². The number of carboxylic acids is 1. The fourth-order valence-corrected chi connectivity index (χ4v) is 1.81. The Bertz CT molecular complexity index is 538.